The number of para-hydroxylation sites is 1. The van der Waals surface area contributed by atoms with E-state index in [2.05, 4.69) is 22.4 Å². The van der Waals surface area contributed by atoms with Crippen LogP contribution in [0, 0.1) is 0 Å². The summed E-state index contributed by atoms with van der Waals surface area (Å²) in [5.74, 6) is 2.91. The Morgan fingerprint density at radius 1 is 1.09 bits per heavy atom. The number of ether oxygens (including phenoxy) is 1. The van der Waals surface area contributed by atoms with Gasteiger partial charge >= 0.3 is 0 Å². The second kappa shape index (κ2) is 10.2. The molecular formula is C18H22N2OS2. The van der Waals surface area contributed by atoms with Gasteiger partial charge in [-0.1, -0.05) is 42.1 Å². The minimum atomic E-state index is 0.816. The van der Waals surface area contributed by atoms with Crippen molar-refractivity contribution in [2.24, 2.45) is 4.99 Å². The minimum Gasteiger partial charge on any atom is -0.497 e. The summed E-state index contributed by atoms with van der Waals surface area (Å²) in [6.45, 7) is 0.816. The molecule has 0 radical (unpaired) electrons. The molecule has 0 amide bonds. The number of hydrogen-bond acceptors (Lipinski definition) is 4. The molecule has 0 fully saturated rings. The molecular weight excluding hydrogens is 324 g/mol. The van der Waals surface area contributed by atoms with Crippen molar-refractivity contribution in [2.45, 2.75) is 5.75 Å². The van der Waals surface area contributed by atoms with Gasteiger partial charge in [-0.05, 0) is 36.1 Å². The number of anilines is 1. The summed E-state index contributed by atoms with van der Waals surface area (Å²) < 4.78 is 5.17. The molecule has 0 unspecified atom stereocenters. The zero-order valence-electron chi connectivity index (χ0n) is 13.5. The van der Waals surface area contributed by atoms with E-state index in [9.17, 15) is 0 Å². The van der Waals surface area contributed by atoms with Gasteiger partial charge in [0.2, 0.25) is 0 Å². The highest BCUT2D eigenvalue weighted by Gasteiger charge is 1.98. The third-order valence-electron chi connectivity index (χ3n) is 3.14. The average molecular weight is 347 g/mol. The van der Waals surface area contributed by atoms with E-state index in [1.54, 1.807) is 18.9 Å². The Labute approximate surface area is 146 Å². The van der Waals surface area contributed by atoms with E-state index >= 15 is 0 Å². The molecule has 23 heavy (non-hydrogen) atoms. The van der Waals surface area contributed by atoms with Crippen molar-refractivity contribution in [3.8, 4) is 5.75 Å². The lowest BCUT2D eigenvalue weighted by molar-refractivity contribution is 0.414. The number of methoxy groups -OCH3 is 1. The minimum absolute atomic E-state index is 0.816. The number of thioether (sulfide) groups is 2. The maximum Gasteiger partial charge on any atom is 0.160 e. The Balaban J connectivity index is 1.71. The van der Waals surface area contributed by atoms with Gasteiger partial charge in [-0.25, -0.2) is 0 Å². The number of amidine groups is 1. The number of aliphatic imine (C=N–C) groups is 1. The Morgan fingerprint density at radius 2 is 1.83 bits per heavy atom. The van der Waals surface area contributed by atoms with Gasteiger partial charge in [0.15, 0.2) is 5.17 Å². The Morgan fingerprint density at radius 3 is 2.48 bits per heavy atom. The molecule has 0 aromatic heterocycles. The van der Waals surface area contributed by atoms with Gasteiger partial charge in [0, 0.05) is 17.2 Å². The lowest BCUT2D eigenvalue weighted by atomic mass is 10.2. The summed E-state index contributed by atoms with van der Waals surface area (Å²) in [6, 6.07) is 18.4. The highest BCUT2D eigenvalue weighted by Crippen LogP contribution is 2.16. The van der Waals surface area contributed by atoms with Crippen molar-refractivity contribution >= 4 is 34.4 Å². The SMILES string of the molecule is COc1ccc(CSCCN=C(Nc2ccccc2)SC)cc1. The van der Waals surface area contributed by atoms with Crippen LogP contribution in [0.5, 0.6) is 5.75 Å². The average Bonchev–Trinajstić information content (AvgIpc) is 2.62. The summed E-state index contributed by atoms with van der Waals surface area (Å²) in [5, 5.41) is 4.30. The molecule has 0 saturated heterocycles. The van der Waals surface area contributed by atoms with Crippen LogP contribution < -0.4 is 10.1 Å². The van der Waals surface area contributed by atoms with Crippen LogP contribution in [-0.4, -0.2) is 30.8 Å². The van der Waals surface area contributed by atoms with Crippen molar-refractivity contribution in [3.63, 3.8) is 0 Å². The fourth-order valence-electron chi connectivity index (χ4n) is 1.92. The van der Waals surface area contributed by atoms with Crippen LogP contribution in [0.3, 0.4) is 0 Å². The zero-order valence-corrected chi connectivity index (χ0v) is 15.1. The van der Waals surface area contributed by atoms with Gasteiger partial charge in [0.05, 0.1) is 13.7 Å². The zero-order chi connectivity index (χ0) is 16.3. The maximum atomic E-state index is 5.17. The molecule has 0 atom stereocenters. The van der Waals surface area contributed by atoms with E-state index in [0.717, 1.165) is 34.7 Å². The quantitative estimate of drug-likeness (QED) is 0.445. The molecule has 1 N–H and O–H groups in total. The summed E-state index contributed by atoms with van der Waals surface area (Å²) in [5.41, 5.74) is 2.39. The van der Waals surface area contributed by atoms with E-state index < -0.39 is 0 Å². The molecule has 3 nitrogen and oxygen atoms in total. The van der Waals surface area contributed by atoms with Crippen LogP contribution in [0.15, 0.2) is 59.6 Å². The normalized spacial score (nSPS) is 11.3. The second-order valence-corrected chi connectivity index (χ2v) is 6.68. The van der Waals surface area contributed by atoms with Gasteiger partial charge < -0.3 is 10.1 Å². The molecule has 2 rings (SSSR count). The van der Waals surface area contributed by atoms with Crippen LogP contribution >= 0.6 is 23.5 Å². The van der Waals surface area contributed by atoms with Crippen LogP contribution in [0.25, 0.3) is 0 Å². The van der Waals surface area contributed by atoms with Crippen LogP contribution in [-0.2, 0) is 5.75 Å². The smallest absolute Gasteiger partial charge is 0.160 e. The molecule has 0 aliphatic heterocycles. The number of hydrogen-bond donors (Lipinski definition) is 1. The predicted molar refractivity (Wildman–Crippen MR) is 105 cm³/mol. The molecule has 0 aliphatic carbocycles. The van der Waals surface area contributed by atoms with Crippen molar-refractivity contribution < 1.29 is 4.74 Å². The Bertz CT molecular complexity index is 600. The first-order valence-electron chi connectivity index (χ1n) is 7.43. The lowest BCUT2D eigenvalue weighted by Gasteiger charge is -2.07. The first kappa shape index (κ1) is 17.8. The summed E-state index contributed by atoms with van der Waals surface area (Å²) in [6.07, 6.45) is 2.04. The van der Waals surface area contributed by atoms with Crippen molar-refractivity contribution in [1.82, 2.24) is 0 Å². The van der Waals surface area contributed by atoms with E-state index in [4.69, 9.17) is 4.74 Å². The molecule has 2 aromatic carbocycles. The molecule has 0 heterocycles. The first-order valence-corrected chi connectivity index (χ1v) is 9.81. The third-order valence-corrected chi connectivity index (χ3v) is 4.76. The van der Waals surface area contributed by atoms with Crippen molar-refractivity contribution in [3.05, 3.63) is 60.2 Å². The van der Waals surface area contributed by atoms with E-state index in [0.29, 0.717) is 0 Å². The number of nitrogens with zero attached hydrogens (tertiary/aromatic N) is 1. The molecule has 122 valence electrons. The number of benzene rings is 2. The Hall–Kier alpha value is -1.59. The maximum absolute atomic E-state index is 5.17. The highest BCUT2D eigenvalue weighted by atomic mass is 32.2. The lowest BCUT2D eigenvalue weighted by Crippen LogP contribution is -2.08. The molecule has 2 aromatic rings. The number of nitrogens with one attached hydrogen (secondary N) is 1. The molecule has 0 saturated carbocycles. The molecule has 5 heteroatoms. The second-order valence-electron chi connectivity index (χ2n) is 4.78. The van der Waals surface area contributed by atoms with Gasteiger partial charge in [0.1, 0.15) is 5.75 Å². The Kier molecular flexibility index (Phi) is 7.90. The first-order chi connectivity index (χ1) is 11.3. The van der Waals surface area contributed by atoms with E-state index in [-0.39, 0.29) is 0 Å². The van der Waals surface area contributed by atoms with E-state index in [1.807, 2.05) is 60.5 Å². The highest BCUT2D eigenvalue weighted by molar-refractivity contribution is 8.13. The summed E-state index contributed by atoms with van der Waals surface area (Å²) in [7, 11) is 1.69. The molecule has 0 bridgehead atoms. The summed E-state index contributed by atoms with van der Waals surface area (Å²) in [4.78, 5) is 4.62. The monoisotopic (exact) mass is 346 g/mol. The van der Waals surface area contributed by atoms with Crippen LogP contribution in [0.2, 0.25) is 0 Å². The molecule has 0 aliphatic rings. The van der Waals surface area contributed by atoms with Gasteiger partial charge in [0.25, 0.3) is 0 Å². The van der Waals surface area contributed by atoms with Crippen LogP contribution in [0.1, 0.15) is 5.56 Å². The summed E-state index contributed by atoms with van der Waals surface area (Å²) >= 11 is 3.53. The standard InChI is InChI=1S/C18H22N2OS2/c1-21-17-10-8-15(9-11-17)14-23-13-12-19-18(22-2)20-16-6-4-3-5-7-16/h3-11H,12-14H2,1-2H3,(H,19,20). The largest absolute Gasteiger partial charge is 0.497 e. The van der Waals surface area contributed by atoms with Gasteiger partial charge in [-0.15, -0.1) is 0 Å². The fourth-order valence-corrected chi connectivity index (χ4v) is 3.16. The predicted octanol–water partition coefficient (Wildman–Crippen LogP) is 4.76. The van der Waals surface area contributed by atoms with Crippen molar-refractivity contribution in [1.29, 1.82) is 0 Å². The van der Waals surface area contributed by atoms with Crippen LogP contribution in [0.4, 0.5) is 5.69 Å². The van der Waals surface area contributed by atoms with E-state index in [1.165, 1.54) is 5.56 Å². The van der Waals surface area contributed by atoms with Crippen molar-refractivity contribution in [2.75, 3.05) is 31.0 Å². The topological polar surface area (TPSA) is 33.6 Å². The molecule has 0 spiro atoms. The van der Waals surface area contributed by atoms with Gasteiger partial charge in [-0.3, -0.25) is 4.99 Å². The number of rotatable bonds is 7. The third kappa shape index (κ3) is 6.59. The fraction of sp³-hybridized carbons (Fsp3) is 0.278. The van der Waals surface area contributed by atoms with Gasteiger partial charge in [-0.2, -0.15) is 11.8 Å².